The fourth-order valence-electron chi connectivity index (χ4n) is 1.86. The maximum absolute atomic E-state index is 11.6. The summed E-state index contributed by atoms with van der Waals surface area (Å²) in [5.41, 5.74) is 1.55. The molecule has 0 N–H and O–H groups in total. The molecule has 106 valence electrons. The summed E-state index contributed by atoms with van der Waals surface area (Å²) >= 11 is 0. The van der Waals surface area contributed by atoms with Gasteiger partial charge in [0.15, 0.2) is 11.5 Å². The van der Waals surface area contributed by atoms with Crippen LogP contribution < -0.4 is 9.47 Å². The van der Waals surface area contributed by atoms with Crippen LogP contribution in [0, 0.1) is 0 Å². The first-order valence-corrected chi connectivity index (χ1v) is 6.46. The van der Waals surface area contributed by atoms with E-state index < -0.39 is 5.97 Å². The van der Waals surface area contributed by atoms with E-state index in [2.05, 4.69) is 4.98 Å². The molecular weight excluding hydrogens is 270 g/mol. The van der Waals surface area contributed by atoms with Gasteiger partial charge < -0.3 is 14.2 Å². The molecule has 0 radical (unpaired) electrons. The molecule has 0 saturated carbocycles. The fraction of sp³-hybridized carbons (Fsp3) is 0.125. The van der Waals surface area contributed by atoms with Crippen LogP contribution in [-0.4, -0.2) is 17.7 Å². The molecule has 0 fully saturated rings. The molecule has 1 aliphatic rings. The topological polar surface area (TPSA) is 57.7 Å². The minimum atomic E-state index is -0.418. The standard InChI is InChI=1S/C16H13NO4/c18-16(19-10-13-3-1-2-8-17-13)7-5-12-4-6-14-15(9-12)21-11-20-14/h1-9H,10-11H2/b7-5-. The Hall–Kier alpha value is -2.82. The Balaban J connectivity index is 1.57. The number of esters is 1. The van der Waals surface area contributed by atoms with Crippen molar-refractivity contribution in [1.82, 2.24) is 4.98 Å². The van der Waals surface area contributed by atoms with Crippen LogP contribution in [0.5, 0.6) is 11.5 Å². The first kappa shape index (κ1) is 13.2. The summed E-state index contributed by atoms with van der Waals surface area (Å²) in [6, 6.07) is 10.9. The first-order chi connectivity index (χ1) is 10.3. The van der Waals surface area contributed by atoms with Crippen molar-refractivity contribution in [1.29, 1.82) is 0 Å². The predicted octanol–water partition coefficient (Wildman–Crippen LogP) is 2.57. The van der Waals surface area contributed by atoms with Crippen LogP contribution in [0.2, 0.25) is 0 Å². The molecule has 0 unspecified atom stereocenters. The molecule has 0 bridgehead atoms. The van der Waals surface area contributed by atoms with Crippen molar-refractivity contribution >= 4 is 12.0 Å². The van der Waals surface area contributed by atoms with Gasteiger partial charge in [0.05, 0.1) is 5.69 Å². The van der Waals surface area contributed by atoms with E-state index in [1.54, 1.807) is 24.4 Å². The molecule has 0 amide bonds. The van der Waals surface area contributed by atoms with E-state index in [1.165, 1.54) is 6.08 Å². The SMILES string of the molecule is O=C(/C=C\c1ccc2c(c1)OCO2)OCc1ccccn1. The highest BCUT2D eigenvalue weighted by Crippen LogP contribution is 2.32. The van der Waals surface area contributed by atoms with E-state index in [9.17, 15) is 4.79 Å². The molecule has 1 aromatic heterocycles. The van der Waals surface area contributed by atoms with E-state index in [-0.39, 0.29) is 13.4 Å². The zero-order chi connectivity index (χ0) is 14.5. The average molecular weight is 283 g/mol. The van der Waals surface area contributed by atoms with E-state index >= 15 is 0 Å². The molecule has 5 heteroatoms. The lowest BCUT2D eigenvalue weighted by molar-refractivity contribution is -0.139. The molecule has 1 aliphatic heterocycles. The van der Waals surface area contributed by atoms with Gasteiger partial charge in [-0.05, 0) is 35.9 Å². The lowest BCUT2D eigenvalue weighted by Crippen LogP contribution is -2.01. The van der Waals surface area contributed by atoms with Crippen LogP contribution in [0.25, 0.3) is 6.08 Å². The predicted molar refractivity (Wildman–Crippen MR) is 75.6 cm³/mol. The highest BCUT2D eigenvalue weighted by atomic mass is 16.7. The molecule has 2 aromatic rings. The van der Waals surface area contributed by atoms with E-state index in [0.717, 1.165) is 5.56 Å². The van der Waals surface area contributed by atoms with Crippen molar-refractivity contribution in [3.63, 3.8) is 0 Å². The molecule has 0 saturated heterocycles. The Bertz CT molecular complexity index is 667. The van der Waals surface area contributed by atoms with Crippen molar-refractivity contribution in [3.05, 3.63) is 59.9 Å². The minimum absolute atomic E-state index is 0.158. The van der Waals surface area contributed by atoms with Crippen molar-refractivity contribution < 1.29 is 19.0 Å². The van der Waals surface area contributed by atoms with Crippen LogP contribution >= 0.6 is 0 Å². The highest BCUT2D eigenvalue weighted by Gasteiger charge is 2.12. The number of aromatic nitrogens is 1. The number of ether oxygens (including phenoxy) is 3. The molecule has 0 atom stereocenters. The number of hydrogen-bond donors (Lipinski definition) is 0. The third kappa shape index (κ3) is 3.39. The van der Waals surface area contributed by atoms with Crippen LogP contribution in [0.3, 0.4) is 0 Å². The number of fused-ring (bicyclic) bond motifs is 1. The maximum atomic E-state index is 11.6. The van der Waals surface area contributed by atoms with E-state index in [4.69, 9.17) is 14.2 Å². The maximum Gasteiger partial charge on any atom is 0.331 e. The summed E-state index contributed by atoms with van der Waals surface area (Å²) in [7, 11) is 0. The lowest BCUT2D eigenvalue weighted by Gasteiger charge is -2.01. The summed E-state index contributed by atoms with van der Waals surface area (Å²) in [5, 5.41) is 0. The molecule has 21 heavy (non-hydrogen) atoms. The normalized spacial score (nSPS) is 12.6. The van der Waals surface area contributed by atoms with Gasteiger partial charge in [-0.1, -0.05) is 12.1 Å². The zero-order valence-electron chi connectivity index (χ0n) is 11.2. The smallest absolute Gasteiger partial charge is 0.331 e. The monoisotopic (exact) mass is 283 g/mol. The zero-order valence-corrected chi connectivity index (χ0v) is 11.2. The van der Waals surface area contributed by atoms with Crippen molar-refractivity contribution in [2.75, 3.05) is 6.79 Å². The average Bonchev–Trinajstić information content (AvgIpc) is 2.99. The Labute approximate surface area is 121 Å². The van der Waals surface area contributed by atoms with Gasteiger partial charge in [0.1, 0.15) is 6.61 Å². The molecule has 5 nitrogen and oxygen atoms in total. The lowest BCUT2D eigenvalue weighted by atomic mass is 10.2. The third-order valence-corrected chi connectivity index (χ3v) is 2.90. The summed E-state index contributed by atoms with van der Waals surface area (Å²) in [4.78, 5) is 15.7. The molecule has 2 heterocycles. The Kier molecular flexibility index (Phi) is 3.82. The van der Waals surface area contributed by atoms with Crippen molar-refractivity contribution in [2.24, 2.45) is 0 Å². The van der Waals surface area contributed by atoms with Gasteiger partial charge >= 0.3 is 5.97 Å². The number of hydrogen-bond acceptors (Lipinski definition) is 5. The van der Waals surface area contributed by atoms with E-state index in [1.807, 2.05) is 24.3 Å². The van der Waals surface area contributed by atoms with Gasteiger partial charge in [-0.15, -0.1) is 0 Å². The summed E-state index contributed by atoms with van der Waals surface area (Å²) in [5.74, 6) is 0.974. The van der Waals surface area contributed by atoms with Crippen LogP contribution in [0.15, 0.2) is 48.7 Å². The number of pyridine rings is 1. The Morgan fingerprint density at radius 2 is 2.14 bits per heavy atom. The fourth-order valence-corrected chi connectivity index (χ4v) is 1.86. The second-order valence-corrected chi connectivity index (χ2v) is 4.37. The van der Waals surface area contributed by atoms with Crippen molar-refractivity contribution in [2.45, 2.75) is 6.61 Å². The number of nitrogens with zero attached hydrogens (tertiary/aromatic N) is 1. The quantitative estimate of drug-likeness (QED) is 0.637. The second-order valence-electron chi connectivity index (χ2n) is 4.37. The van der Waals surface area contributed by atoms with Gasteiger partial charge in [-0.25, -0.2) is 4.79 Å². The molecule has 3 rings (SSSR count). The van der Waals surface area contributed by atoms with Gasteiger partial charge in [0.25, 0.3) is 0 Å². The highest BCUT2D eigenvalue weighted by molar-refractivity contribution is 5.87. The van der Waals surface area contributed by atoms with E-state index in [0.29, 0.717) is 17.2 Å². The third-order valence-electron chi connectivity index (χ3n) is 2.90. The largest absolute Gasteiger partial charge is 0.456 e. The molecule has 1 aromatic carbocycles. The van der Waals surface area contributed by atoms with Gasteiger partial charge in [-0.3, -0.25) is 4.98 Å². The molecule has 0 spiro atoms. The number of carbonyl (C=O) groups is 1. The van der Waals surface area contributed by atoms with Gasteiger partial charge in [0.2, 0.25) is 6.79 Å². The van der Waals surface area contributed by atoms with Crippen molar-refractivity contribution in [3.8, 4) is 11.5 Å². The van der Waals surface area contributed by atoms with Gasteiger partial charge in [0, 0.05) is 12.3 Å². The number of benzene rings is 1. The first-order valence-electron chi connectivity index (χ1n) is 6.46. The Morgan fingerprint density at radius 1 is 1.24 bits per heavy atom. The minimum Gasteiger partial charge on any atom is -0.456 e. The molecular formula is C16H13NO4. The molecule has 0 aliphatic carbocycles. The number of carbonyl (C=O) groups excluding carboxylic acids is 1. The van der Waals surface area contributed by atoms with Gasteiger partial charge in [-0.2, -0.15) is 0 Å². The summed E-state index contributed by atoms with van der Waals surface area (Å²) in [6.45, 7) is 0.389. The van der Waals surface area contributed by atoms with Crippen LogP contribution in [0.1, 0.15) is 11.3 Å². The Morgan fingerprint density at radius 3 is 3.00 bits per heavy atom. The van der Waals surface area contributed by atoms with Crippen LogP contribution in [0.4, 0.5) is 0 Å². The summed E-state index contributed by atoms with van der Waals surface area (Å²) in [6.07, 6.45) is 4.70. The second kappa shape index (κ2) is 6.09. The van der Waals surface area contributed by atoms with Crippen LogP contribution in [-0.2, 0) is 16.1 Å². The summed E-state index contributed by atoms with van der Waals surface area (Å²) < 4.78 is 15.6. The number of rotatable bonds is 4.